The fourth-order valence-corrected chi connectivity index (χ4v) is 7.08. The van der Waals surface area contributed by atoms with Gasteiger partial charge in [0.25, 0.3) is 21.8 Å². The van der Waals surface area contributed by atoms with Crippen molar-refractivity contribution >= 4 is 38.3 Å². The van der Waals surface area contributed by atoms with Crippen LogP contribution in [0.1, 0.15) is 55.1 Å². The number of ether oxygens (including phenoxy) is 2. The molecule has 1 unspecified atom stereocenters. The number of hydrogen-bond donors (Lipinski definition) is 1. The van der Waals surface area contributed by atoms with E-state index < -0.39 is 27.4 Å². The molecule has 4 rings (SSSR count). The van der Waals surface area contributed by atoms with Crippen LogP contribution in [0.25, 0.3) is 0 Å². The molecule has 46 heavy (non-hydrogen) atoms. The Morgan fingerprint density at radius 2 is 1.87 bits per heavy atom. The predicted octanol–water partition coefficient (Wildman–Crippen LogP) is 4.53. The molecule has 2 amide bonds. The number of carbonyl (C=O) groups excluding carboxylic acids is 2. The molecular weight excluding hydrogens is 629 g/mol. The Balaban J connectivity index is 1.94. The van der Waals surface area contributed by atoms with Gasteiger partial charge in [-0.1, -0.05) is 39.0 Å². The quantitative estimate of drug-likeness (QED) is 0.203. The number of sulfonamides is 1. The van der Waals surface area contributed by atoms with E-state index in [1.807, 2.05) is 26.8 Å². The lowest BCUT2D eigenvalue weighted by atomic mass is 9.85. The Bertz CT molecular complexity index is 1810. The maximum absolute atomic E-state index is 14.7. The third kappa shape index (κ3) is 7.28. The van der Waals surface area contributed by atoms with Gasteiger partial charge in [-0.15, -0.1) is 11.3 Å². The van der Waals surface area contributed by atoms with E-state index in [1.165, 1.54) is 60.5 Å². The summed E-state index contributed by atoms with van der Waals surface area (Å²) in [7, 11) is -1.56. The standard InChI is InChI=1S/C32H36N6O6S2/c1-31(2,3)25-13-12-23(20-26(25)44-5)28(39)38(30-34-16-19-45-30)32(14-8-18-43-4,22-37-17-9-15-35-37)29(40)36-46(41,42)27-11-7-6-10-24(27)21-33/h6-7,9-13,15-17,19-20H,8,14,18,22H2,1-5H3,(H,36,40). The Morgan fingerprint density at radius 1 is 1.11 bits per heavy atom. The minimum Gasteiger partial charge on any atom is -0.496 e. The first-order valence-electron chi connectivity index (χ1n) is 14.3. The van der Waals surface area contributed by atoms with Crippen molar-refractivity contribution < 1.29 is 27.5 Å². The smallest absolute Gasteiger partial charge is 0.265 e. The predicted molar refractivity (Wildman–Crippen MR) is 173 cm³/mol. The summed E-state index contributed by atoms with van der Waals surface area (Å²) in [6, 6.07) is 14.1. The van der Waals surface area contributed by atoms with Crippen molar-refractivity contribution in [3.63, 3.8) is 0 Å². The summed E-state index contributed by atoms with van der Waals surface area (Å²) in [6.45, 7) is 6.05. The van der Waals surface area contributed by atoms with Crippen LogP contribution in [0.2, 0.25) is 0 Å². The molecule has 14 heteroatoms. The lowest BCUT2D eigenvalue weighted by Crippen LogP contribution is -2.64. The molecule has 0 saturated carbocycles. The summed E-state index contributed by atoms with van der Waals surface area (Å²) in [4.78, 5) is 34.7. The van der Waals surface area contributed by atoms with Crippen molar-refractivity contribution in [2.24, 2.45) is 0 Å². The third-order valence-corrected chi connectivity index (χ3v) is 9.51. The molecule has 0 saturated heterocycles. The number of thiazole rings is 1. The number of benzene rings is 2. The van der Waals surface area contributed by atoms with Gasteiger partial charge < -0.3 is 9.47 Å². The first-order chi connectivity index (χ1) is 21.9. The fraction of sp³-hybridized carbons (Fsp3) is 0.344. The van der Waals surface area contributed by atoms with Crippen molar-refractivity contribution in [2.75, 3.05) is 25.7 Å². The van der Waals surface area contributed by atoms with Gasteiger partial charge in [0.15, 0.2) is 5.13 Å². The zero-order valence-electron chi connectivity index (χ0n) is 26.3. The van der Waals surface area contributed by atoms with Crippen LogP contribution in [0.15, 0.2) is 77.4 Å². The highest BCUT2D eigenvalue weighted by Gasteiger charge is 2.50. The highest BCUT2D eigenvalue weighted by atomic mass is 32.2. The number of carbonyl (C=O) groups is 2. The Morgan fingerprint density at radius 3 is 2.48 bits per heavy atom. The fourth-order valence-electron chi connectivity index (χ4n) is 5.15. The van der Waals surface area contributed by atoms with Crippen molar-refractivity contribution in [3.05, 3.63) is 89.2 Å². The summed E-state index contributed by atoms with van der Waals surface area (Å²) in [5.74, 6) is -1.13. The summed E-state index contributed by atoms with van der Waals surface area (Å²) in [5.41, 5.74) is -1.26. The number of nitriles is 1. The highest BCUT2D eigenvalue weighted by Crippen LogP contribution is 2.37. The van der Waals surface area contributed by atoms with E-state index in [4.69, 9.17) is 9.47 Å². The van der Waals surface area contributed by atoms with Gasteiger partial charge in [-0.2, -0.15) is 10.4 Å². The summed E-state index contributed by atoms with van der Waals surface area (Å²) in [6.07, 6.45) is 4.86. The van der Waals surface area contributed by atoms with Crippen LogP contribution in [0.4, 0.5) is 5.13 Å². The molecule has 2 heterocycles. The minimum absolute atomic E-state index is 0.0372. The summed E-state index contributed by atoms with van der Waals surface area (Å²) in [5, 5.41) is 15.7. The van der Waals surface area contributed by atoms with Crippen molar-refractivity contribution in [2.45, 2.75) is 56.0 Å². The number of rotatable bonds is 13. The molecule has 1 N–H and O–H groups in total. The van der Waals surface area contributed by atoms with E-state index in [0.717, 1.165) is 16.9 Å². The largest absolute Gasteiger partial charge is 0.496 e. The van der Waals surface area contributed by atoms with E-state index in [1.54, 1.807) is 35.8 Å². The van der Waals surface area contributed by atoms with Gasteiger partial charge in [0.05, 0.1) is 19.2 Å². The minimum atomic E-state index is -4.58. The number of hydrogen-bond acceptors (Lipinski definition) is 10. The zero-order chi connectivity index (χ0) is 33.5. The first kappa shape index (κ1) is 34.3. The SMILES string of the molecule is COCCCC(Cn1cccn1)(C(=O)NS(=O)(=O)c1ccccc1C#N)N(C(=O)c1ccc(C(C)(C)C)c(OC)c1)c1nccs1. The summed E-state index contributed by atoms with van der Waals surface area (Å²) >= 11 is 1.12. The normalized spacial score (nSPS) is 13.0. The van der Waals surface area contributed by atoms with E-state index in [9.17, 15) is 23.3 Å². The van der Waals surface area contributed by atoms with Gasteiger partial charge in [-0.3, -0.25) is 19.2 Å². The van der Waals surface area contributed by atoms with E-state index in [-0.39, 0.29) is 52.6 Å². The molecule has 4 aromatic rings. The van der Waals surface area contributed by atoms with Gasteiger partial charge in [0, 0.05) is 43.3 Å². The molecule has 12 nitrogen and oxygen atoms in total. The topological polar surface area (TPSA) is 157 Å². The second-order valence-electron chi connectivity index (χ2n) is 11.5. The molecule has 0 aliphatic rings. The van der Waals surface area contributed by atoms with Gasteiger partial charge >= 0.3 is 0 Å². The lowest BCUT2D eigenvalue weighted by Gasteiger charge is -2.41. The molecule has 242 valence electrons. The van der Waals surface area contributed by atoms with Crippen LogP contribution in [-0.4, -0.2) is 61.4 Å². The number of methoxy groups -OCH3 is 2. The molecule has 1 atom stereocenters. The Labute approximate surface area is 272 Å². The number of anilines is 1. The van der Waals surface area contributed by atoms with Crippen LogP contribution in [0, 0.1) is 11.3 Å². The second-order valence-corrected chi connectivity index (χ2v) is 14.0. The molecule has 0 bridgehead atoms. The average Bonchev–Trinajstić information content (AvgIpc) is 3.75. The maximum Gasteiger partial charge on any atom is 0.265 e. The number of aromatic nitrogens is 3. The monoisotopic (exact) mass is 664 g/mol. The van der Waals surface area contributed by atoms with Gasteiger partial charge in [-0.05, 0) is 54.2 Å². The second kappa shape index (κ2) is 14.2. The highest BCUT2D eigenvalue weighted by molar-refractivity contribution is 7.90. The van der Waals surface area contributed by atoms with E-state index in [2.05, 4.69) is 14.8 Å². The van der Waals surface area contributed by atoms with Crippen molar-refractivity contribution in [1.29, 1.82) is 5.26 Å². The lowest BCUT2D eigenvalue weighted by molar-refractivity contribution is -0.125. The molecule has 0 aliphatic heterocycles. The Kier molecular flexibility index (Phi) is 10.6. The molecular formula is C32H36N6O6S2. The van der Waals surface area contributed by atoms with Gasteiger partial charge in [0.2, 0.25) is 0 Å². The molecule has 2 aromatic carbocycles. The number of nitrogens with one attached hydrogen (secondary N) is 1. The Hall–Kier alpha value is -4.58. The molecule has 0 fully saturated rings. The third-order valence-electron chi connectivity index (χ3n) is 7.37. The van der Waals surface area contributed by atoms with Gasteiger partial charge in [0.1, 0.15) is 22.3 Å². The first-order valence-corrected chi connectivity index (χ1v) is 16.7. The summed E-state index contributed by atoms with van der Waals surface area (Å²) < 4.78 is 42.0. The van der Waals surface area contributed by atoms with Crippen LogP contribution in [-0.2, 0) is 31.5 Å². The maximum atomic E-state index is 14.7. The van der Waals surface area contributed by atoms with Crippen LogP contribution in [0.5, 0.6) is 5.75 Å². The molecule has 0 aliphatic carbocycles. The number of amides is 2. The molecule has 2 aromatic heterocycles. The van der Waals surface area contributed by atoms with Gasteiger partial charge in [-0.25, -0.2) is 18.1 Å². The number of nitrogens with zero attached hydrogens (tertiary/aromatic N) is 5. The van der Waals surface area contributed by atoms with Crippen molar-refractivity contribution in [1.82, 2.24) is 19.5 Å². The van der Waals surface area contributed by atoms with Crippen molar-refractivity contribution in [3.8, 4) is 11.8 Å². The van der Waals surface area contributed by atoms with Crippen LogP contribution < -0.4 is 14.4 Å². The van der Waals surface area contributed by atoms with Crippen LogP contribution in [0.3, 0.4) is 0 Å². The van der Waals surface area contributed by atoms with E-state index in [0.29, 0.717) is 5.75 Å². The van der Waals surface area contributed by atoms with E-state index >= 15 is 0 Å². The zero-order valence-corrected chi connectivity index (χ0v) is 27.9. The van der Waals surface area contributed by atoms with Crippen LogP contribution >= 0.6 is 11.3 Å². The molecule has 0 radical (unpaired) electrons. The molecule has 0 spiro atoms. The average molecular weight is 665 g/mol.